The molecule has 2 aromatic carbocycles. The molecule has 162 valence electrons. The number of nitrogens with zero attached hydrogens (tertiary/aromatic N) is 2. The number of carbonyl (C=O) groups is 1. The topological polar surface area (TPSA) is 73.2 Å². The molecule has 6 heteroatoms. The van der Waals surface area contributed by atoms with Crippen molar-refractivity contribution in [2.45, 2.75) is 20.3 Å². The van der Waals surface area contributed by atoms with Crippen LogP contribution in [0.25, 0.3) is 22.0 Å². The van der Waals surface area contributed by atoms with Crippen molar-refractivity contribution in [2.24, 2.45) is 7.05 Å². The molecule has 0 aliphatic carbocycles. The zero-order valence-corrected chi connectivity index (χ0v) is 18.6. The van der Waals surface area contributed by atoms with E-state index in [4.69, 9.17) is 4.74 Å². The highest BCUT2D eigenvalue weighted by atomic mass is 16.5. The zero-order chi connectivity index (χ0) is 22.8. The third-order valence-corrected chi connectivity index (χ3v) is 5.56. The lowest BCUT2D eigenvalue weighted by Gasteiger charge is -2.13. The summed E-state index contributed by atoms with van der Waals surface area (Å²) in [6.07, 6.45) is 2.01. The number of nitrogens with one attached hydrogen (secondary N) is 1. The van der Waals surface area contributed by atoms with E-state index >= 15 is 0 Å². The van der Waals surface area contributed by atoms with E-state index < -0.39 is 0 Å². The predicted molar refractivity (Wildman–Crippen MR) is 127 cm³/mol. The Balaban J connectivity index is 1.66. The number of fused-ring (bicyclic) bond motifs is 1. The maximum atomic E-state index is 13.1. The zero-order valence-electron chi connectivity index (χ0n) is 18.6. The highest BCUT2D eigenvalue weighted by Gasteiger charge is 2.13. The molecule has 1 amide bonds. The van der Waals surface area contributed by atoms with Gasteiger partial charge in [0.15, 0.2) is 0 Å². The lowest BCUT2D eigenvalue weighted by atomic mass is 9.99. The number of carbonyl (C=O) groups excluding carboxylic acids is 1. The second-order valence-electron chi connectivity index (χ2n) is 7.91. The van der Waals surface area contributed by atoms with Crippen LogP contribution in [-0.2, 0) is 18.3 Å². The van der Waals surface area contributed by atoms with Crippen LogP contribution in [0.3, 0.4) is 0 Å². The summed E-state index contributed by atoms with van der Waals surface area (Å²) in [7, 11) is 3.37. The molecular formula is C26H25N3O3. The van der Waals surface area contributed by atoms with Gasteiger partial charge < -0.3 is 14.6 Å². The molecule has 0 spiro atoms. The Labute approximate surface area is 186 Å². The summed E-state index contributed by atoms with van der Waals surface area (Å²) in [6, 6.07) is 16.8. The molecule has 0 aliphatic rings. The van der Waals surface area contributed by atoms with E-state index in [1.165, 1.54) is 0 Å². The first kappa shape index (κ1) is 21.3. The van der Waals surface area contributed by atoms with Crippen LogP contribution in [-0.4, -0.2) is 22.6 Å². The summed E-state index contributed by atoms with van der Waals surface area (Å²) in [5.74, 6) is 0.573. The highest BCUT2D eigenvalue weighted by molar-refractivity contribution is 5.93. The van der Waals surface area contributed by atoms with Crippen molar-refractivity contribution < 1.29 is 9.53 Å². The minimum atomic E-state index is -0.140. The van der Waals surface area contributed by atoms with E-state index in [1.54, 1.807) is 24.9 Å². The molecule has 0 radical (unpaired) electrons. The number of benzene rings is 2. The van der Waals surface area contributed by atoms with Crippen LogP contribution in [0.4, 0.5) is 5.69 Å². The van der Waals surface area contributed by atoms with Gasteiger partial charge in [0, 0.05) is 35.6 Å². The second-order valence-corrected chi connectivity index (χ2v) is 7.91. The minimum absolute atomic E-state index is 0.0916. The highest BCUT2D eigenvalue weighted by Crippen LogP contribution is 2.27. The molecule has 0 bridgehead atoms. The van der Waals surface area contributed by atoms with E-state index in [1.807, 2.05) is 68.4 Å². The van der Waals surface area contributed by atoms with E-state index in [0.717, 1.165) is 33.3 Å². The number of amides is 1. The fraction of sp³-hybridized carbons (Fsp3) is 0.192. The molecule has 0 fully saturated rings. The maximum Gasteiger partial charge on any atom is 0.258 e. The van der Waals surface area contributed by atoms with Gasteiger partial charge in [-0.2, -0.15) is 0 Å². The molecule has 2 aromatic heterocycles. The summed E-state index contributed by atoms with van der Waals surface area (Å²) in [6.45, 7) is 3.86. The minimum Gasteiger partial charge on any atom is -0.497 e. The van der Waals surface area contributed by atoms with E-state index in [2.05, 4.69) is 10.3 Å². The third-order valence-electron chi connectivity index (χ3n) is 5.56. The number of ether oxygens (including phenoxy) is 1. The molecule has 0 atom stereocenters. The largest absolute Gasteiger partial charge is 0.497 e. The van der Waals surface area contributed by atoms with Crippen LogP contribution < -0.4 is 15.6 Å². The molecular weight excluding hydrogens is 402 g/mol. The average Bonchev–Trinajstić information content (AvgIpc) is 2.78. The van der Waals surface area contributed by atoms with Crippen molar-refractivity contribution in [3.05, 3.63) is 88.0 Å². The van der Waals surface area contributed by atoms with E-state index in [0.29, 0.717) is 17.0 Å². The number of aryl methyl sites for hydroxylation is 3. The number of rotatable bonds is 5. The second kappa shape index (κ2) is 8.67. The number of pyridine rings is 2. The summed E-state index contributed by atoms with van der Waals surface area (Å²) in [5, 5.41) is 3.83. The molecule has 32 heavy (non-hydrogen) atoms. The van der Waals surface area contributed by atoms with Crippen LogP contribution in [0.2, 0.25) is 0 Å². The van der Waals surface area contributed by atoms with Gasteiger partial charge >= 0.3 is 0 Å². The lowest BCUT2D eigenvalue weighted by molar-refractivity contribution is -0.115. The molecule has 4 aromatic rings. The Bertz CT molecular complexity index is 1390. The number of methoxy groups -OCH3 is 1. The molecule has 0 saturated heterocycles. The number of hydrogen-bond donors (Lipinski definition) is 1. The molecule has 1 N–H and O–H groups in total. The van der Waals surface area contributed by atoms with Crippen molar-refractivity contribution in [3.63, 3.8) is 0 Å². The fourth-order valence-electron chi connectivity index (χ4n) is 3.82. The predicted octanol–water partition coefficient (Wildman–Crippen LogP) is 4.41. The first-order valence-electron chi connectivity index (χ1n) is 10.4. The van der Waals surface area contributed by atoms with Crippen molar-refractivity contribution in [1.29, 1.82) is 0 Å². The number of anilines is 1. The van der Waals surface area contributed by atoms with Crippen LogP contribution in [0.15, 0.2) is 65.6 Å². The Morgan fingerprint density at radius 1 is 1.06 bits per heavy atom. The van der Waals surface area contributed by atoms with Gasteiger partial charge in [-0.1, -0.05) is 18.2 Å². The van der Waals surface area contributed by atoms with Gasteiger partial charge in [0.1, 0.15) is 5.75 Å². The summed E-state index contributed by atoms with van der Waals surface area (Å²) >= 11 is 0. The lowest BCUT2D eigenvalue weighted by Crippen LogP contribution is -2.19. The molecule has 6 nitrogen and oxygen atoms in total. The van der Waals surface area contributed by atoms with Crippen LogP contribution >= 0.6 is 0 Å². The van der Waals surface area contributed by atoms with Crippen LogP contribution in [0.5, 0.6) is 5.75 Å². The van der Waals surface area contributed by atoms with Crippen molar-refractivity contribution in [1.82, 2.24) is 9.55 Å². The molecule has 4 rings (SSSR count). The third kappa shape index (κ3) is 4.25. The summed E-state index contributed by atoms with van der Waals surface area (Å²) < 4.78 is 6.87. The Hall–Kier alpha value is -3.93. The van der Waals surface area contributed by atoms with Gasteiger partial charge in [-0.05, 0) is 66.9 Å². The average molecular weight is 428 g/mol. The van der Waals surface area contributed by atoms with E-state index in [-0.39, 0.29) is 17.9 Å². The van der Waals surface area contributed by atoms with Crippen molar-refractivity contribution >= 4 is 22.5 Å². The van der Waals surface area contributed by atoms with Gasteiger partial charge in [-0.25, -0.2) is 0 Å². The SMILES string of the molecule is COc1cccc(CC(=O)Nc2ccc(C)c(-c3cc4cnc(C)cc4n(C)c3=O)c2)c1. The van der Waals surface area contributed by atoms with Crippen LogP contribution in [0.1, 0.15) is 16.8 Å². The smallest absolute Gasteiger partial charge is 0.258 e. The fourth-order valence-corrected chi connectivity index (χ4v) is 3.82. The van der Waals surface area contributed by atoms with Crippen LogP contribution in [0, 0.1) is 13.8 Å². The molecule has 0 aliphatic heterocycles. The first-order valence-corrected chi connectivity index (χ1v) is 10.4. The molecule has 2 heterocycles. The first-order chi connectivity index (χ1) is 15.4. The Morgan fingerprint density at radius 2 is 1.88 bits per heavy atom. The number of hydrogen-bond acceptors (Lipinski definition) is 4. The monoisotopic (exact) mass is 427 g/mol. The van der Waals surface area contributed by atoms with Gasteiger partial charge in [-0.15, -0.1) is 0 Å². The quantitative estimate of drug-likeness (QED) is 0.512. The number of aromatic nitrogens is 2. The van der Waals surface area contributed by atoms with Gasteiger partial charge in [0.05, 0.1) is 19.0 Å². The maximum absolute atomic E-state index is 13.1. The van der Waals surface area contributed by atoms with Crippen molar-refractivity contribution in [2.75, 3.05) is 12.4 Å². The van der Waals surface area contributed by atoms with Crippen molar-refractivity contribution in [3.8, 4) is 16.9 Å². The summed E-state index contributed by atoms with van der Waals surface area (Å²) in [5.41, 5.74) is 5.42. The molecule has 0 saturated carbocycles. The van der Waals surface area contributed by atoms with Gasteiger partial charge in [-0.3, -0.25) is 14.6 Å². The standard InChI is InChI=1S/C26H25N3O3/c1-16-8-9-20(28-25(30)12-18-6-5-7-21(11-18)32-4)14-22(16)23-13-19-15-27-17(2)10-24(19)29(3)26(23)31/h5-11,13-15H,12H2,1-4H3,(H,28,30). The summed E-state index contributed by atoms with van der Waals surface area (Å²) in [4.78, 5) is 30.1. The van der Waals surface area contributed by atoms with Gasteiger partial charge in [0.25, 0.3) is 5.56 Å². The molecule has 0 unspecified atom stereocenters. The van der Waals surface area contributed by atoms with E-state index in [9.17, 15) is 9.59 Å². The normalized spacial score (nSPS) is 10.9. The Kier molecular flexibility index (Phi) is 5.77. The Morgan fingerprint density at radius 3 is 2.66 bits per heavy atom. The van der Waals surface area contributed by atoms with Gasteiger partial charge in [0.2, 0.25) is 5.91 Å².